The molecule has 2 saturated heterocycles. The lowest BCUT2D eigenvalue weighted by Crippen LogP contribution is -2.67. The Kier molecular flexibility index (Phi) is 10.9. The molecule has 2 fully saturated rings. The van der Waals surface area contributed by atoms with Gasteiger partial charge >= 0.3 is 0 Å². The van der Waals surface area contributed by atoms with Gasteiger partial charge in [0.15, 0.2) is 11.9 Å². The van der Waals surface area contributed by atoms with Gasteiger partial charge < -0.3 is 28.4 Å². The minimum Gasteiger partial charge on any atom is -0.494 e. The van der Waals surface area contributed by atoms with E-state index in [9.17, 15) is 4.79 Å². The summed E-state index contributed by atoms with van der Waals surface area (Å²) in [6.45, 7) is 3.25. The monoisotopic (exact) mass is 704 g/mol. The van der Waals surface area contributed by atoms with E-state index in [4.69, 9.17) is 40.0 Å². The molecule has 7 nitrogen and oxygen atoms in total. The van der Waals surface area contributed by atoms with E-state index < -0.39 is 29.7 Å². The van der Waals surface area contributed by atoms with Crippen molar-refractivity contribution < 1.29 is 33.2 Å². The SMILES string of the molecule is CCOc1ccc(Cc2cc([C@]34OC[C@](C=O)(O3)[C@@H](OCc3ccccc3)[C@H](OCc3ccccc3)[C@@H]4OCc3ccccc3)ccc2Cl)cc1. The van der Waals surface area contributed by atoms with Crippen molar-refractivity contribution in [3.63, 3.8) is 0 Å². The van der Waals surface area contributed by atoms with Gasteiger partial charge in [0.2, 0.25) is 5.79 Å². The van der Waals surface area contributed by atoms with E-state index in [1.165, 1.54) is 0 Å². The first kappa shape index (κ1) is 35.1. The van der Waals surface area contributed by atoms with Crippen LogP contribution in [-0.2, 0) is 60.5 Å². The van der Waals surface area contributed by atoms with Crippen LogP contribution in [0.25, 0.3) is 0 Å². The number of fused-ring (bicyclic) bond motifs is 2. The van der Waals surface area contributed by atoms with Gasteiger partial charge in [-0.25, -0.2) is 0 Å². The van der Waals surface area contributed by atoms with Gasteiger partial charge in [-0.3, -0.25) is 4.79 Å². The minimum absolute atomic E-state index is 0.0524. The van der Waals surface area contributed by atoms with Crippen molar-refractivity contribution >= 4 is 17.9 Å². The van der Waals surface area contributed by atoms with Gasteiger partial charge in [-0.1, -0.05) is 121 Å². The van der Waals surface area contributed by atoms with Gasteiger partial charge in [0, 0.05) is 10.6 Å². The molecule has 7 rings (SSSR count). The van der Waals surface area contributed by atoms with Crippen LogP contribution >= 0.6 is 11.6 Å². The van der Waals surface area contributed by atoms with E-state index in [2.05, 4.69) is 0 Å². The Morgan fingerprint density at radius 1 is 0.706 bits per heavy atom. The molecule has 2 aliphatic heterocycles. The van der Waals surface area contributed by atoms with Crippen molar-refractivity contribution in [2.75, 3.05) is 13.2 Å². The molecule has 262 valence electrons. The van der Waals surface area contributed by atoms with E-state index in [0.29, 0.717) is 23.6 Å². The third-order valence-corrected chi connectivity index (χ3v) is 9.78. The summed E-state index contributed by atoms with van der Waals surface area (Å²) in [6, 6.07) is 43.3. The van der Waals surface area contributed by atoms with Crippen LogP contribution in [0.4, 0.5) is 0 Å². The van der Waals surface area contributed by atoms with E-state index in [1.54, 1.807) is 0 Å². The fraction of sp³-hybridized carbons (Fsp3) is 0.279. The maximum atomic E-state index is 13.3. The molecule has 0 aliphatic carbocycles. The number of halogens is 1. The van der Waals surface area contributed by atoms with Gasteiger partial charge in [0.1, 0.15) is 24.1 Å². The fourth-order valence-electron chi connectivity index (χ4n) is 6.85. The van der Waals surface area contributed by atoms with Crippen LogP contribution in [0, 0.1) is 0 Å². The molecule has 2 bridgehead atoms. The third-order valence-electron chi connectivity index (χ3n) is 9.41. The Morgan fingerprint density at radius 2 is 1.27 bits per heavy atom. The summed E-state index contributed by atoms with van der Waals surface area (Å²) in [6.07, 6.45) is -1.12. The molecule has 5 atom stereocenters. The van der Waals surface area contributed by atoms with Crippen LogP contribution in [0.3, 0.4) is 0 Å². The summed E-state index contributed by atoms with van der Waals surface area (Å²) in [4.78, 5) is 13.3. The summed E-state index contributed by atoms with van der Waals surface area (Å²) in [5.41, 5.74) is 4.02. The quantitative estimate of drug-likeness (QED) is 0.102. The number of carbonyl (C=O) groups is 1. The fourth-order valence-corrected chi connectivity index (χ4v) is 7.03. The molecule has 2 aliphatic rings. The van der Waals surface area contributed by atoms with Gasteiger partial charge in [-0.05, 0) is 65.4 Å². The molecule has 0 radical (unpaired) electrons. The molecular formula is C43H41ClO7. The second-order valence-corrected chi connectivity index (χ2v) is 13.3. The van der Waals surface area contributed by atoms with Crippen molar-refractivity contribution in [3.8, 4) is 5.75 Å². The Bertz CT molecular complexity index is 1870. The minimum atomic E-state index is -1.51. The molecule has 51 heavy (non-hydrogen) atoms. The van der Waals surface area contributed by atoms with Gasteiger partial charge in [-0.15, -0.1) is 0 Å². The smallest absolute Gasteiger partial charge is 0.226 e. The zero-order chi connectivity index (χ0) is 35.1. The van der Waals surface area contributed by atoms with Crippen molar-refractivity contribution in [1.82, 2.24) is 0 Å². The Labute approximate surface area is 304 Å². The predicted molar refractivity (Wildman–Crippen MR) is 194 cm³/mol. The molecule has 0 N–H and O–H groups in total. The highest BCUT2D eigenvalue weighted by molar-refractivity contribution is 6.31. The van der Waals surface area contributed by atoms with Gasteiger partial charge in [0.25, 0.3) is 0 Å². The zero-order valence-electron chi connectivity index (χ0n) is 28.5. The lowest BCUT2D eigenvalue weighted by Gasteiger charge is -2.49. The van der Waals surface area contributed by atoms with Crippen molar-refractivity contribution in [1.29, 1.82) is 0 Å². The van der Waals surface area contributed by atoms with Crippen LogP contribution in [-0.4, -0.2) is 43.4 Å². The molecule has 5 aromatic rings. The second kappa shape index (κ2) is 15.9. The molecule has 0 saturated carbocycles. The summed E-state index contributed by atoms with van der Waals surface area (Å²) < 4.78 is 39.5. The number of hydrogen-bond donors (Lipinski definition) is 0. The Morgan fingerprint density at radius 3 is 1.84 bits per heavy atom. The predicted octanol–water partition coefficient (Wildman–Crippen LogP) is 8.24. The maximum absolute atomic E-state index is 13.3. The van der Waals surface area contributed by atoms with Crippen LogP contribution in [0.5, 0.6) is 5.75 Å². The molecule has 8 heteroatoms. The van der Waals surface area contributed by atoms with E-state index in [-0.39, 0.29) is 26.4 Å². The third kappa shape index (κ3) is 7.65. The van der Waals surface area contributed by atoms with Crippen LogP contribution < -0.4 is 4.74 Å². The highest BCUT2D eigenvalue weighted by atomic mass is 35.5. The van der Waals surface area contributed by atoms with Gasteiger partial charge in [-0.2, -0.15) is 0 Å². The second-order valence-electron chi connectivity index (χ2n) is 12.9. The number of rotatable bonds is 15. The Hall–Kier alpha value is -4.34. The highest BCUT2D eigenvalue weighted by Gasteiger charge is 2.69. The van der Waals surface area contributed by atoms with Crippen molar-refractivity contribution in [2.45, 2.75) is 62.9 Å². The number of aldehydes is 1. The summed E-state index contributed by atoms with van der Waals surface area (Å²) in [5.74, 6) is -0.703. The maximum Gasteiger partial charge on any atom is 0.226 e. The topological polar surface area (TPSA) is 72.5 Å². The molecule has 5 aromatic carbocycles. The lowest BCUT2D eigenvalue weighted by molar-refractivity contribution is -0.341. The molecule has 2 heterocycles. The van der Waals surface area contributed by atoms with Gasteiger partial charge in [0.05, 0.1) is 33.0 Å². The van der Waals surface area contributed by atoms with Crippen LogP contribution in [0.2, 0.25) is 5.02 Å². The normalized spacial score (nSPS) is 23.9. The first-order valence-corrected chi connectivity index (χ1v) is 17.7. The molecule has 0 aromatic heterocycles. The number of benzene rings is 5. The van der Waals surface area contributed by atoms with Crippen molar-refractivity contribution in [3.05, 3.63) is 172 Å². The van der Waals surface area contributed by atoms with Crippen LogP contribution in [0.1, 0.15) is 40.3 Å². The van der Waals surface area contributed by atoms with Crippen molar-refractivity contribution in [2.24, 2.45) is 0 Å². The number of hydrogen-bond acceptors (Lipinski definition) is 7. The first-order valence-electron chi connectivity index (χ1n) is 17.3. The highest BCUT2D eigenvalue weighted by Crippen LogP contribution is 2.52. The molecule has 0 amide bonds. The van der Waals surface area contributed by atoms with E-state index in [1.807, 2.05) is 140 Å². The average molecular weight is 705 g/mol. The summed E-state index contributed by atoms with van der Waals surface area (Å²) >= 11 is 6.83. The summed E-state index contributed by atoms with van der Waals surface area (Å²) in [7, 11) is 0. The molecular weight excluding hydrogens is 664 g/mol. The lowest BCUT2D eigenvalue weighted by atomic mass is 9.83. The molecule has 0 spiro atoms. The van der Waals surface area contributed by atoms with E-state index in [0.717, 1.165) is 39.9 Å². The Balaban J connectivity index is 1.29. The summed E-state index contributed by atoms with van der Waals surface area (Å²) in [5, 5.41) is 0.599. The zero-order valence-corrected chi connectivity index (χ0v) is 29.2. The van der Waals surface area contributed by atoms with E-state index >= 15 is 0 Å². The molecule has 0 unspecified atom stereocenters. The average Bonchev–Trinajstić information content (AvgIpc) is 3.54. The number of carbonyl (C=O) groups excluding carboxylic acids is 1. The largest absolute Gasteiger partial charge is 0.494 e. The first-order chi connectivity index (χ1) is 25.0. The standard InChI is InChI=1S/C43H41ClO7/c1-2-46-37-21-18-31(19-22-37)24-35-25-36(20-23-38(35)44)43-41(49-28-34-16-10-5-11-17-34)39(47-26-32-12-6-3-7-13-32)40(42(29-45,51-43)30-50-43)48-27-33-14-8-4-9-15-33/h3-23,25,29,39-41H,2,24,26-28,30H2,1H3/t39-,40-,41-,42-,43-/m0/s1. The number of ether oxygens (including phenoxy) is 6. The van der Waals surface area contributed by atoms with Crippen LogP contribution in [0.15, 0.2) is 133 Å².